The maximum atomic E-state index is 10.5. The molecule has 0 heterocycles. The minimum atomic E-state index is -0.938. The molecule has 0 saturated heterocycles. The first-order chi connectivity index (χ1) is 8.52. The number of anilines is 1. The highest BCUT2D eigenvalue weighted by atomic mass is 16.6. The number of ether oxygens (including phenoxy) is 1. The quantitative estimate of drug-likeness (QED) is 0.564. The van der Waals surface area contributed by atoms with Crippen molar-refractivity contribution >= 4 is 17.3 Å². The predicted octanol–water partition coefficient (Wildman–Crippen LogP) is 1.50. The molecule has 0 aliphatic rings. The number of non-ortho nitro benzene ring substituents is 1. The second-order valence-electron chi connectivity index (χ2n) is 3.64. The normalized spacial score (nSPS) is 11.8. The molecule has 1 aromatic carbocycles. The Kier molecular flexibility index (Phi) is 5.06. The lowest BCUT2D eigenvalue weighted by atomic mass is 10.2. The Hall–Kier alpha value is -2.15. The standard InChI is InChI=1S/C11H14N2O5/c1-18-10(6-11(14)15)7-12-8-2-4-9(5-3-8)13(16)17/h2-5,10,12H,6-7H2,1H3,(H,14,15). The number of methoxy groups -OCH3 is 1. The van der Waals surface area contributed by atoms with Crippen molar-refractivity contribution in [2.75, 3.05) is 19.0 Å². The molecule has 0 saturated carbocycles. The van der Waals surface area contributed by atoms with Gasteiger partial charge in [0.2, 0.25) is 0 Å². The summed E-state index contributed by atoms with van der Waals surface area (Å²) < 4.78 is 4.99. The van der Waals surface area contributed by atoms with Gasteiger partial charge in [-0.15, -0.1) is 0 Å². The summed E-state index contributed by atoms with van der Waals surface area (Å²) in [4.78, 5) is 20.5. The molecule has 1 atom stereocenters. The van der Waals surface area contributed by atoms with Crippen LogP contribution in [0.5, 0.6) is 0 Å². The summed E-state index contributed by atoms with van der Waals surface area (Å²) in [5.41, 5.74) is 0.683. The van der Waals surface area contributed by atoms with E-state index in [9.17, 15) is 14.9 Å². The van der Waals surface area contributed by atoms with Crippen LogP contribution < -0.4 is 5.32 Å². The highest BCUT2D eigenvalue weighted by Crippen LogP contribution is 2.15. The van der Waals surface area contributed by atoms with E-state index in [1.807, 2.05) is 0 Å². The molecule has 0 radical (unpaired) electrons. The van der Waals surface area contributed by atoms with Gasteiger partial charge in [0, 0.05) is 31.5 Å². The van der Waals surface area contributed by atoms with E-state index in [4.69, 9.17) is 9.84 Å². The van der Waals surface area contributed by atoms with Gasteiger partial charge < -0.3 is 15.2 Å². The number of hydrogen-bond donors (Lipinski definition) is 2. The van der Waals surface area contributed by atoms with Gasteiger partial charge >= 0.3 is 5.97 Å². The van der Waals surface area contributed by atoms with Crippen LogP contribution in [0.25, 0.3) is 0 Å². The van der Waals surface area contributed by atoms with Gasteiger partial charge in [0.1, 0.15) is 0 Å². The minimum absolute atomic E-state index is 0.00868. The molecule has 2 N–H and O–H groups in total. The van der Waals surface area contributed by atoms with E-state index in [2.05, 4.69) is 5.32 Å². The van der Waals surface area contributed by atoms with Crippen LogP contribution in [0.4, 0.5) is 11.4 Å². The number of rotatable bonds is 7. The molecule has 0 fully saturated rings. The van der Waals surface area contributed by atoms with Crippen molar-refractivity contribution in [2.45, 2.75) is 12.5 Å². The van der Waals surface area contributed by atoms with Crippen molar-refractivity contribution in [3.8, 4) is 0 Å². The number of nitrogens with one attached hydrogen (secondary N) is 1. The zero-order chi connectivity index (χ0) is 13.5. The van der Waals surface area contributed by atoms with Gasteiger partial charge in [0.25, 0.3) is 5.69 Å². The molecule has 0 aromatic heterocycles. The van der Waals surface area contributed by atoms with Gasteiger partial charge in [-0.25, -0.2) is 0 Å². The molecule has 0 aliphatic heterocycles. The molecular weight excluding hydrogens is 240 g/mol. The van der Waals surface area contributed by atoms with Crippen LogP contribution >= 0.6 is 0 Å². The van der Waals surface area contributed by atoms with Gasteiger partial charge in [0.15, 0.2) is 0 Å². The topological polar surface area (TPSA) is 102 Å². The summed E-state index contributed by atoms with van der Waals surface area (Å²) in [5.74, 6) is -0.938. The van der Waals surface area contributed by atoms with Crippen molar-refractivity contribution in [1.82, 2.24) is 0 Å². The summed E-state index contributed by atoms with van der Waals surface area (Å²) in [5, 5.41) is 22.0. The molecular formula is C11H14N2O5. The van der Waals surface area contributed by atoms with Crippen LogP contribution in [0.3, 0.4) is 0 Å². The van der Waals surface area contributed by atoms with Crippen molar-refractivity contribution in [2.24, 2.45) is 0 Å². The van der Waals surface area contributed by atoms with Gasteiger partial charge in [-0.2, -0.15) is 0 Å². The maximum Gasteiger partial charge on any atom is 0.306 e. The number of nitrogens with zero attached hydrogens (tertiary/aromatic N) is 1. The van der Waals surface area contributed by atoms with Crippen molar-refractivity contribution < 1.29 is 19.6 Å². The van der Waals surface area contributed by atoms with E-state index in [0.717, 1.165) is 0 Å². The summed E-state index contributed by atoms with van der Waals surface area (Å²) in [6, 6.07) is 5.87. The summed E-state index contributed by atoms with van der Waals surface area (Å²) >= 11 is 0. The number of nitro benzene ring substituents is 1. The molecule has 0 spiro atoms. The minimum Gasteiger partial charge on any atom is -0.481 e. The number of carbonyl (C=O) groups is 1. The Labute approximate surface area is 104 Å². The molecule has 18 heavy (non-hydrogen) atoms. The SMILES string of the molecule is COC(CNc1ccc([N+](=O)[O-])cc1)CC(=O)O. The lowest BCUT2D eigenvalue weighted by Gasteiger charge is -2.14. The fraction of sp³-hybridized carbons (Fsp3) is 0.364. The van der Waals surface area contributed by atoms with E-state index in [1.54, 1.807) is 12.1 Å². The molecule has 7 heteroatoms. The third-order valence-corrected chi connectivity index (χ3v) is 2.35. The zero-order valence-electron chi connectivity index (χ0n) is 9.83. The van der Waals surface area contributed by atoms with Crippen molar-refractivity contribution in [3.05, 3.63) is 34.4 Å². The molecule has 1 rings (SSSR count). The average molecular weight is 254 g/mol. The van der Waals surface area contributed by atoms with Crippen LogP contribution in [0.2, 0.25) is 0 Å². The second-order valence-corrected chi connectivity index (χ2v) is 3.64. The van der Waals surface area contributed by atoms with Crippen LogP contribution in [0.1, 0.15) is 6.42 Å². The monoisotopic (exact) mass is 254 g/mol. The second kappa shape index (κ2) is 6.55. The van der Waals surface area contributed by atoms with E-state index < -0.39 is 17.0 Å². The molecule has 0 bridgehead atoms. The Morgan fingerprint density at radius 1 is 1.50 bits per heavy atom. The third kappa shape index (κ3) is 4.38. The molecule has 0 amide bonds. The van der Waals surface area contributed by atoms with Crippen molar-refractivity contribution in [3.63, 3.8) is 0 Å². The van der Waals surface area contributed by atoms with Crippen LogP contribution in [-0.2, 0) is 9.53 Å². The Morgan fingerprint density at radius 2 is 2.11 bits per heavy atom. The number of hydrogen-bond acceptors (Lipinski definition) is 5. The summed E-state index contributed by atoms with van der Waals surface area (Å²) in [7, 11) is 1.44. The first kappa shape index (κ1) is 13.9. The largest absolute Gasteiger partial charge is 0.481 e. The van der Waals surface area contributed by atoms with Gasteiger partial charge in [-0.1, -0.05) is 0 Å². The molecule has 1 unspecified atom stereocenters. The predicted molar refractivity (Wildman–Crippen MR) is 64.6 cm³/mol. The number of benzene rings is 1. The smallest absolute Gasteiger partial charge is 0.306 e. The number of nitro groups is 1. The number of carboxylic acid groups (broad SMARTS) is 1. The van der Waals surface area contributed by atoms with E-state index >= 15 is 0 Å². The van der Waals surface area contributed by atoms with Crippen molar-refractivity contribution in [1.29, 1.82) is 0 Å². The lowest BCUT2D eigenvalue weighted by Crippen LogP contribution is -2.24. The Balaban J connectivity index is 2.52. The molecule has 98 valence electrons. The average Bonchev–Trinajstić information content (AvgIpc) is 2.34. The highest BCUT2D eigenvalue weighted by Gasteiger charge is 2.12. The van der Waals surface area contributed by atoms with Gasteiger partial charge in [0.05, 0.1) is 17.4 Å². The van der Waals surface area contributed by atoms with Gasteiger partial charge in [-0.3, -0.25) is 14.9 Å². The fourth-order valence-electron chi connectivity index (χ4n) is 1.37. The third-order valence-electron chi connectivity index (χ3n) is 2.35. The Bertz CT molecular complexity index is 418. The summed E-state index contributed by atoms with van der Waals surface area (Å²) in [6.45, 7) is 0.320. The molecule has 1 aromatic rings. The van der Waals surface area contributed by atoms with Gasteiger partial charge in [-0.05, 0) is 12.1 Å². The zero-order valence-corrected chi connectivity index (χ0v) is 9.83. The van der Waals surface area contributed by atoms with Crippen LogP contribution in [-0.4, -0.2) is 35.8 Å². The van der Waals surface area contributed by atoms with E-state index in [0.29, 0.717) is 12.2 Å². The van der Waals surface area contributed by atoms with Crippen LogP contribution in [0.15, 0.2) is 24.3 Å². The first-order valence-corrected chi connectivity index (χ1v) is 5.26. The molecule has 0 aliphatic carbocycles. The lowest BCUT2D eigenvalue weighted by molar-refractivity contribution is -0.384. The van der Waals surface area contributed by atoms with E-state index in [1.165, 1.54) is 19.2 Å². The first-order valence-electron chi connectivity index (χ1n) is 5.26. The summed E-state index contributed by atoms with van der Waals surface area (Å²) in [6.07, 6.45) is -0.547. The fourth-order valence-corrected chi connectivity index (χ4v) is 1.37. The van der Waals surface area contributed by atoms with Crippen LogP contribution in [0, 0.1) is 10.1 Å². The number of aliphatic carboxylic acids is 1. The van der Waals surface area contributed by atoms with E-state index in [-0.39, 0.29) is 12.1 Å². The molecule has 7 nitrogen and oxygen atoms in total. The highest BCUT2D eigenvalue weighted by molar-refractivity contribution is 5.67. The number of carboxylic acids is 1. The Morgan fingerprint density at radius 3 is 2.56 bits per heavy atom. The maximum absolute atomic E-state index is 10.5.